The summed E-state index contributed by atoms with van der Waals surface area (Å²) in [5.74, 6) is 2.07. The first-order valence-electron chi connectivity index (χ1n) is 10.7. The van der Waals surface area contributed by atoms with Gasteiger partial charge in [-0.05, 0) is 47.9 Å². The van der Waals surface area contributed by atoms with Crippen LogP contribution in [0.3, 0.4) is 0 Å². The van der Waals surface area contributed by atoms with Gasteiger partial charge in [-0.3, -0.25) is 9.80 Å². The lowest BCUT2D eigenvalue weighted by atomic mass is 10.0. The summed E-state index contributed by atoms with van der Waals surface area (Å²) in [5, 5.41) is 10.7. The minimum Gasteiger partial charge on any atom is -0.508 e. The number of aromatic hydroxyl groups is 1. The maximum Gasteiger partial charge on any atom is 0.121 e. The molecule has 3 aromatic rings. The molecule has 0 amide bonds. The first-order chi connectivity index (χ1) is 15.2. The van der Waals surface area contributed by atoms with Crippen LogP contribution in [0.5, 0.6) is 17.2 Å². The standard InChI is InChI=1S/C26H30N2O3/c1-30-22-12-8-20(9-13-22)18-27-16-5-17-28(19-21-10-14-23(31-2)15-11-21)26(27)24-6-3-4-7-25(24)29/h3-4,6-15,26,29H,5,16-19H2,1-2H3. The molecule has 1 N–H and O–H groups in total. The van der Waals surface area contributed by atoms with Crippen molar-refractivity contribution < 1.29 is 14.6 Å². The average molecular weight is 419 g/mol. The Kier molecular flexibility index (Phi) is 6.75. The highest BCUT2D eigenvalue weighted by Crippen LogP contribution is 2.36. The van der Waals surface area contributed by atoms with Gasteiger partial charge in [0, 0.05) is 31.7 Å². The molecule has 0 unspecified atom stereocenters. The lowest BCUT2D eigenvalue weighted by Gasteiger charge is -2.44. The summed E-state index contributed by atoms with van der Waals surface area (Å²) in [7, 11) is 3.37. The molecule has 4 rings (SSSR count). The van der Waals surface area contributed by atoms with E-state index in [0.717, 1.165) is 49.7 Å². The van der Waals surface area contributed by atoms with Crippen molar-refractivity contribution in [2.45, 2.75) is 25.7 Å². The van der Waals surface area contributed by atoms with E-state index in [1.165, 1.54) is 11.1 Å². The van der Waals surface area contributed by atoms with Gasteiger partial charge in [0.1, 0.15) is 17.2 Å². The molecule has 5 heteroatoms. The largest absolute Gasteiger partial charge is 0.508 e. The van der Waals surface area contributed by atoms with Gasteiger partial charge in [0.15, 0.2) is 0 Å². The van der Waals surface area contributed by atoms with Crippen LogP contribution in [0.15, 0.2) is 72.8 Å². The third-order valence-electron chi connectivity index (χ3n) is 5.89. The highest BCUT2D eigenvalue weighted by atomic mass is 16.5. The van der Waals surface area contributed by atoms with Gasteiger partial charge in [-0.1, -0.05) is 42.5 Å². The quantitative estimate of drug-likeness (QED) is 0.596. The van der Waals surface area contributed by atoms with Crippen LogP contribution in [0.2, 0.25) is 0 Å². The molecule has 162 valence electrons. The smallest absolute Gasteiger partial charge is 0.121 e. The van der Waals surface area contributed by atoms with Gasteiger partial charge in [-0.25, -0.2) is 0 Å². The Morgan fingerprint density at radius 1 is 0.742 bits per heavy atom. The normalized spacial score (nSPS) is 15.7. The molecule has 31 heavy (non-hydrogen) atoms. The topological polar surface area (TPSA) is 45.2 Å². The Morgan fingerprint density at radius 2 is 1.23 bits per heavy atom. The van der Waals surface area contributed by atoms with E-state index in [9.17, 15) is 5.11 Å². The molecule has 1 fully saturated rings. The second kappa shape index (κ2) is 9.86. The van der Waals surface area contributed by atoms with Crippen molar-refractivity contribution in [3.8, 4) is 17.2 Å². The molecular formula is C26H30N2O3. The number of para-hydroxylation sites is 1. The monoisotopic (exact) mass is 418 g/mol. The number of phenols is 1. The van der Waals surface area contributed by atoms with Crippen LogP contribution >= 0.6 is 0 Å². The molecule has 0 atom stereocenters. The van der Waals surface area contributed by atoms with Crippen LogP contribution in [-0.2, 0) is 13.1 Å². The summed E-state index contributed by atoms with van der Waals surface area (Å²) >= 11 is 0. The number of ether oxygens (including phenoxy) is 2. The molecule has 0 aromatic heterocycles. The summed E-state index contributed by atoms with van der Waals surface area (Å²) in [4.78, 5) is 4.90. The third-order valence-corrected chi connectivity index (χ3v) is 5.89. The van der Waals surface area contributed by atoms with Crippen molar-refractivity contribution in [2.24, 2.45) is 0 Å². The van der Waals surface area contributed by atoms with Gasteiger partial charge in [0.2, 0.25) is 0 Å². The fraction of sp³-hybridized carbons (Fsp3) is 0.308. The summed E-state index contributed by atoms with van der Waals surface area (Å²) in [6.45, 7) is 3.57. The summed E-state index contributed by atoms with van der Waals surface area (Å²) in [6.07, 6.45) is 1.08. The van der Waals surface area contributed by atoms with E-state index < -0.39 is 0 Å². The van der Waals surface area contributed by atoms with Gasteiger partial charge >= 0.3 is 0 Å². The number of methoxy groups -OCH3 is 2. The molecule has 1 saturated heterocycles. The number of hydrogen-bond acceptors (Lipinski definition) is 5. The lowest BCUT2D eigenvalue weighted by molar-refractivity contribution is -0.0103. The molecule has 1 aliphatic rings. The zero-order chi connectivity index (χ0) is 21.6. The molecule has 0 bridgehead atoms. The van der Waals surface area contributed by atoms with E-state index in [1.54, 1.807) is 20.3 Å². The first kappa shape index (κ1) is 21.2. The van der Waals surface area contributed by atoms with Crippen molar-refractivity contribution in [2.75, 3.05) is 27.3 Å². The Hall–Kier alpha value is -3.02. The lowest BCUT2D eigenvalue weighted by Crippen LogP contribution is -2.46. The summed E-state index contributed by atoms with van der Waals surface area (Å²) < 4.78 is 10.6. The molecule has 0 radical (unpaired) electrons. The SMILES string of the molecule is COc1ccc(CN2CCCN(Cc3ccc(OC)cc3)C2c2ccccc2O)cc1. The van der Waals surface area contributed by atoms with Crippen molar-refractivity contribution in [1.82, 2.24) is 9.80 Å². The third kappa shape index (κ3) is 5.01. The molecule has 0 saturated carbocycles. The van der Waals surface area contributed by atoms with Crippen LogP contribution in [0.1, 0.15) is 29.3 Å². The van der Waals surface area contributed by atoms with E-state index in [1.807, 2.05) is 42.5 Å². The zero-order valence-corrected chi connectivity index (χ0v) is 18.2. The average Bonchev–Trinajstić information content (AvgIpc) is 2.81. The van der Waals surface area contributed by atoms with Crippen molar-refractivity contribution in [1.29, 1.82) is 0 Å². The number of nitrogens with zero attached hydrogens (tertiary/aromatic N) is 2. The zero-order valence-electron chi connectivity index (χ0n) is 18.2. The minimum absolute atomic E-state index is 0.000784. The molecule has 0 aliphatic carbocycles. The second-order valence-electron chi connectivity index (χ2n) is 7.92. The highest BCUT2D eigenvalue weighted by molar-refractivity contribution is 5.35. The van der Waals surface area contributed by atoms with Crippen LogP contribution in [0, 0.1) is 0 Å². The highest BCUT2D eigenvalue weighted by Gasteiger charge is 2.32. The second-order valence-corrected chi connectivity index (χ2v) is 7.92. The van der Waals surface area contributed by atoms with Gasteiger partial charge in [-0.2, -0.15) is 0 Å². The molecule has 0 spiro atoms. The maximum absolute atomic E-state index is 10.7. The number of hydrogen-bond donors (Lipinski definition) is 1. The van der Waals surface area contributed by atoms with E-state index >= 15 is 0 Å². The molecular weight excluding hydrogens is 388 g/mol. The van der Waals surface area contributed by atoms with Crippen LogP contribution in [-0.4, -0.2) is 42.2 Å². The van der Waals surface area contributed by atoms with Crippen molar-refractivity contribution >= 4 is 0 Å². The van der Waals surface area contributed by atoms with E-state index in [2.05, 4.69) is 34.1 Å². The number of rotatable bonds is 7. The minimum atomic E-state index is -0.000784. The Morgan fingerprint density at radius 3 is 1.68 bits per heavy atom. The summed E-state index contributed by atoms with van der Waals surface area (Å²) in [6, 6.07) is 24.2. The number of phenolic OH excluding ortho intramolecular Hbond substituents is 1. The van der Waals surface area contributed by atoms with Gasteiger partial charge in [0.25, 0.3) is 0 Å². The fourth-order valence-electron chi connectivity index (χ4n) is 4.31. The molecule has 1 aliphatic heterocycles. The first-order valence-corrected chi connectivity index (χ1v) is 10.7. The number of benzene rings is 3. The van der Waals surface area contributed by atoms with Crippen molar-refractivity contribution in [3.05, 3.63) is 89.5 Å². The van der Waals surface area contributed by atoms with Crippen LogP contribution < -0.4 is 9.47 Å². The van der Waals surface area contributed by atoms with Crippen molar-refractivity contribution in [3.63, 3.8) is 0 Å². The van der Waals surface area contributed by atoms with E-state index in [0.29, 0.717) is 5.75 Å². The predicted molar refractivity (Wildman–Crippen MR) is 122 cm³/mol. The Balaban J connectivity index is 1.62. The van der Waals surface area contributed by atoms with Gasteiger partial charge in [-0.15, -0.1) is 0 Å². The molecule has 3 aromatic carbocycles. The maximum atomic E-state index is 10.7. The van der Waals surface area contributed by atoms with Crippen LogP contribution in [0.4, 0.5) is 0 Å². The van der Waals surface area contributed by atoms with Gasteiger partial charge < -0.3 is 14.6 Å². The fourth-order valence-corrected chi connectivity index (χ4v) is 4.31. The molecule has 5 nitrogen and oxygen atoms in total. The molecule has 1 heterocycles. The van der Waals surface area contributed by atoms with Gasteiger partial charge in [0.05, 0.1) is 20.4 Å². The van der Waals surface area contributed by atoms with E-state index in [-0.39, 0.29) is 6.17 Å². The van der Waals surface area contributed by atoms with E-state index in [4.69, 9.17) is 9.47 Å². The Bertz CT molecular complexity index is 915. The van der Waals surface area contributed by atoms with Crippen LogP contribution in [0.25, 0.3) is 0 Å². The predicted octanol–water partition coefficient (Wildman–Crippen LogP) is 4.82. The Labute approximate surface area is 184 Å². The summed E-state index contributed by atoms with van der Waals surface area (Å²) in [5.41, 5.74) is 3.41.